The summed E-state index contributed by atoms with van der Waals surface area (Å²) in [5, 5.41) is 16.9. The SMILES string of the molecule is CC(=O)Nc1cccc(C(=O)N/N=C\c2ccc([N+](=O)[O-])cc2)c1. The standard InChI is InChI=1S/C16H14N4O4/c1-11(21)18-14-4-2-3-13(9-14)16(22)19-17-10-12-5-7-15(8-6-12)20(23)24/h2-10H,1H3,(H,18,21)(H,19,22)/b17-10-. The van der Waals surface area contributed by atoms with Crippen molar-refractivity contribution in [3.63, 3.8) is 0 Å². The third-order valence-corrected chi connectivity index (χ3v) is 2.93. The molecule has 0 spiro atoms. The highest BCUT2D eigenvalue weighted by Gasteiger charge is 2.06. The number of carbonyl (C=O) groups excluding carboxylic acids is 2. The number of anilines is 1. The molecule has 0 saturated heterocycles. The lowest BCUT2D eigenvalue weighted by Crippen LogP contribution is -2.18. The minimum atomic E-state index is -0.495. The predicted molar refractivity (Wildman–Crippen MR) is 88.9 cm³/mol. The molecule has 8 heteroatoms. The van der Waals surface area contributed by atoms with Crippen molar-refractivity contribution >= 4 is 29.4 Å². The molecule has 2 N–H and O–H groups in total. The maximum absolute atomic E-state index is 12.0. The lowest BCUT2D eigenvalue weighted by atomic mass is 10.2. The van der Waals surface area contributed by atoms with E-state index in [4.69, 9.17) is 0 Å². The summed E-state index contributed by atoms with van der Waals surface area (Å²) >= 11 is 0. The second kappa shape index (κ2) is 7.63. The molecular formula is C16H14N4O4. The largest absolute Gasteiger partial charge is 0.326 e. The number of carbonyl (C=O) groups is 2. The van der Waals surface area contributed by atoms with Gasteiger partial charge in [0.2, 0.25) is 5.91 Å². The van der Waals surface area contributed by atoms with Gasteiger partial charge in [-0.25, -0.2) is 5.43 Å². The molecule has 122 valence electrons. The number of amides is 2. The van der Waals surface area contributed by atoms with Gasteiger partial charge in [-0.15, -0.1) is 0 Å². The summed E-state index contributed by atoms with van der Waals surface area (Å²) in [4.78, 5) is 33.1. The van der Waals surface area contributed by atoms with Crippen LogP contribution in [0.15, 0.2) is 53.6 Å². The van der Waals surface area contributed by atoms with E-state index in [1.807, 2.05) is 0 Å². The molecule has 0 unspecified atom stereocenters. The van der Waals surface area contributed by atoms with Crippen LogP contribution in [0.5, 0.6) is 0 Å². The maximum atomic E-state index is 12.0. The third-order valence-electron chi connectivity index (χ3n) is 2.93. The Labute approximate surface area is 137 Å². The van der Waals surface area contributed by atoms with Gasteiger partial charge in [0.05, 0.1) is 11.1 Å². The second-order valence-electron chi connectivity index (χ2n) is 4.81. The van der Waals surface area contributed by atoms with Crippen LogP contribution in [-0.2, 0) is 4.79 Å². The summed E-state index contributed by atoms with van der Waals surface area (Å²) in [5.41, 5.74) is 3.78. The van der Waals surface area contributed by atoms with Gasteiger partial charge in [-0.05, 0) is 35.9 Å². The Morgan fingerprint density at radius 2 is 1.88 bits per heavy atom. The molecule has 0 fully saturated rings. The summed E-state index contributed by atoms with van der Waals surface area (Å²) in [7, 11) is 0. The summed E-state index contributed by atoms with van der Waals surface area (Å²) in [6.07, 6.45) is 1.37. The summed E-state index contributed by atoms with van der Waals surface area (Å²) in [5.74, 6) is -0.677. The molecule has 2 aromatic carbocycles. The first-order valence-corrected chi connectivity index (χ1v) is 6.91. The molecule has 0 saturated carbocycles. The van der Waals surface area contributed by atoms with Crippen molar-refractivity contribution in [1.82, 2.24) is 5.43 Å². The minimum Gasteiger partial charge on any atom is -0.326 e. The van der Waals surface area contributed by atoms with Crippen molar-refractivity contribution in [3.8, 4) is 0 Å². The number of nitro benzene ring substituents is 1. The molecule has 2 rings (SSSR count). The number of nitrogens with one attached hydrogen (secondary N) is 2. The van der Waals surface area contributed by atoms with Crippen molar-refractivity contribution in [2.75, 3.05) is 5.32 Å². The Hall–Kier alpha value is -3.55. The van der Waals surface area contributed by atoms with E-state index < -0.39 is 10.8 Å². The average Bonchev–Trinajstić information content (AvgIpc) is 2.55. The molecule has 0 bridgehead atoms. The molecule has 24 heavy (non-hydrogen) atoms. The molecule has 2 aromatic rings. The first-order chi connectivity index (χ1) is 11.5. The fourth-order valence-electron chi connectivity index (χ4n) is 1.85. The minimum absolute atomic E-state index is 0.0222. The first-order valence-electron chi connectivity index (χ1n) is 6.91. The highest BCUT2D eigenvalue weighted by atomic mass is 16.6. The van der Waals surface area contributed by atoms with E-state index >= 15 is 0 Å². The normalized spacial score (nSPS) is 10.4. The van der Waals surface area contributed by atoms with Gasteiger partial charge >= 0.3 is 0 Å². The number of hydrogen-bond donors (Lipinski definition) is 2. The highest BCUT2D eigenvalue weighted by Crippen LogP contribution is 2.11. The van der Waals surface area contributed by atoms with E-state index in [-0.39, 0.29) is 11.6 Å². The monoisotopic (exact) mass is 326 g/mol. The predicted octanol–water partition coefficient (Wildman–Crippen LogP) is 2.32. The number of nitro groups is 1. The maximum Gasteiger partial charge on any atom is 0.271 e. The lowest BCUT2D eigenvalue weighted by Gasteiger charge is -2.04. The molecule has 0 radical (unpaired) electrons. The van der Waals surface area contributed by atoms with Gasteiger partial charge in [0.1, 0.15) is 0 Å². The number of rotatable bonds is 5. The van der Waals surface area contributed by atoms with E-state index in [1.165, 1.54) is 43.5 Å². The van der Waals surface area contributed by atoms with Crippen LogP contribution in [0.3, 0.4) is 0 Å². The molecule has 2 amide bonds. The van der Waals surface area contributed by atoms with Gasteiger partial charge in [0.25, 0.3) is 11.6 Å². The van der Waals surface area contributed by atoms with Crippen LogP contribution < -0.4 is 10.7 Å². The molecular weight excluding hydrogens is 312 g/mol. The van der Waals surface area contributed by atoms with Crippen molar-refractivity contribution in [3.05, 3.63) is 69.8 Å². The van der Waals surface area contributed by atoms with E-state index in [9.17, 15) is 19.7 Å². The van der Waals surface area contributed by atoms with Crippen LogP contribution >= 0.6 is 0 Å². The lowest BCUT2D eigenvalue weighted by molar-refractivity contribution is -0.384. The number of benzene rings is 2. The Kier molecular flexibility index (Phi) is 5.35. The third kappa shape index (κ3) is 4.73. The van der Waals surface area contributed by atoms with Crippen LogP contribution in [0.4, 0.5) is 11.4 Å². The van der Waals surface area contributed by atoms with Crippen molar-refractivity contribution < 1.29 is 14.5 Å². The molecule has 0 aliphatic rings. The van der Waals surface area contributed by atoms with Gasteiger partial charge in [-0.2, -0.15) is 5.10 Å². The van der Waals surface area contributed by atoms with Crippen molar-refractivity contribution in [2.45, 2.75) is 6.92 Å². The zero-order valence-electron chi connectivity index (χ0n) is 12.7. The van der Waals surface area contributed by atoms with Crippen LogP contribution in [0, 0.1) is 10.1 Å². The van der Waals surface area contributed by atoms with Crippen LogP contribution in [0.25, 0.3) is 0 Å². The van der Waals surface area contributed by atoms with Gasteiger partial charge in [-0.1, -0.05) is 6.07 Å². The number of nitrogens with zero attached hydrogens (tertiary/aromatic N) is 2. The summed E-state index contributed by atoms with van der Waals surface area (Å²) in [6, 6.07) is 12.1. The van der Waals surface area contributed by atoms with Gasteiger partial charge < -0.3 is 5.32 Å². The Morgan fingerprint density at radius 3 is 2.50 bits per heavy atom. The van der Waals surface area contributed by atoms with E-state index in [0.29, 0.717) is 16.8 Å². The van der Waals surface area contributed by atoms with Gasteiger partial charge in [0.15, 0.2) is 0 Å². The number of non-ortho nitro benzene ring substituents is 1. The Balaban J connectivity index is 1.99. The molecule has 0 heterocycles. The second-order valence-corrected chi connectivity index (χ2v) is 4.81. The highest BCUT2D eigenvalue weighted by molar-refractivity contribution is 5.97. The zero-order valence-corrected chi connectivity index (χ0v) is 12.7. The van der Waals surface area contributed by atoms with Crippen molar-refractivity contribution in [2.24, 2.45) is 5.10 Å². The summed E-state index contributed by atoms with van der Waals surface area (Å²) < 4.78 is 0. The van der Waals surface area contributed by atoms with Crippen molar-refractivity contribution in [1.29, 1.82) is 0 Å². The van der Waals surface area contributed by atoms with E-state index in [2.05, 4.69) is 15.8 Å². The van der Waals surface area contributed by atoms with Crippen LogP contribution in [0.2, 0.25) is 0 Å². The van der Waals surface area contributed by atoms with Gasteiger partial charge in [-0.3, -0.25) is 19.7 Å². The number of hydrazone groups is 1. The zero-order chi connectivity index (χ0) is 17.5. The topological polar surface area (TPSA) is 114 Å². The van der Waals surface area contributed by atoms with Gasteiger partial charge in [0, 0.05) is 30.3 Å². The average molecular weight is 326 g/mol. The molecule has 0 aromatic heterocycles. The fraction of sp³-hybridized carbons (Fsp3) is 0.0625. The van der Waals surface area contributed by atoms with E-state index in [0.717, 1.165) is 0 Å². The Bertz CT molecular complexity index is 800. The first kappa shape index (κ1) is 16.8. The smallest absolute Gasteiger partial charge is 0.271 e. The quantitative estimate of drug-likeness (QED) is 0.498. The van der Waals surface area contributed by atoms with E-state index in [1.54, 1.807) is 18.2 Å². The summed E-state index contributed by atoms with van der Waals surface area (Å²) in [6.45, 7) is 1.38. The molecule has 0 aliphatic heterocycles. The molecule has 0 atom stereocenters. The molecule has 8 nitrogen and oxygen atoms in total. The number of hydrogen-bond acceptors (Lipinski definition) is 5. The Morgan fingerprint density at radius 1 is 1.17 bits per heavy atom. The molecule has 0 aliphatic carbocycles. The van der Waals surface area contributed by atoms with Crippen LogP contribution in [0.1, 0.15) is 22.8 Å². The fourth-order valence-corrected chi connectivity index (χ4v) is 1.85. The van der Waals surface area contributed by atoms with Crippen LogP contribution in [-0.4, -0.2) is 23.0 Å².